The number of hydrogen-bond acceptors (Lipinski definition) is 2. The fourth-order valence-electron chi connectivity index (χ4n) is 1.62. The van der Waals surface area contributed by atoms with Crippen molar-refractivity contribution in [3.8, 4) is 0 Å². The molecule has 1 aromatic heterocycles. The molecule has 0 aliphatic heterocycles. The van der Waals surface area contributed by atoms with Crippen molar-refractivity contribution in [2.24, 2.45) is 11.3 Å². The predicted molar refractivity (Wildman–Crippen MR) is 50.5 cm³/mol. The maximum absolute atomic E-state index is 11.8. The molecule has 2 rings (SSSR count). The average Bonchev–Trinajstić information content (AvgIpc) is 2.76. The molecule has 0 bridgehead atoms. The lowest BCUT2D eigenvalue weighted by atomic mass is 10.0. The standard InChI is InChI=1S/C11H13NO/c1-11(2)6-9(11)10(13)8-4-3-5-12-7-8/h3-5,7,9H,6H2,1-2H3. The van der Waals surface area contributed by atoms with Crippen LogP contribution < -0.4 is 0 Å². The summed E-state index contributed by atoms with van der Waals surface area (Å²) in [6.45, 7) is 4.26. The molecule has 0 saturated heterocycles. The molecule has 1 heterocycles. The van der Waals surface area contributed by atoms with Gasteiger partial charge in [-0.15, -0.1) is 0 Å². The van der Waals surface area contributed by atoms with Gasteiger partial charge in [0.15, 0.2) is 5.78 Å². The zero-order valence-electron chi connectivity index (χ0n) is 7.95. The van der Waals surface area contributed by atoms with E-state index in [4.69, 9.17) is 0 Å². The van der Waals surface area contributed by atoms with E-state index in [0.29, 0.717) is 0 Å². The van der Waals surface area contributed by atoms with Gasteiger partial charge >= 0.3 is 0 Å². The van der Waals surface area contributed by atoms with Crippen molar-refractivity contribution in [2.45, 2.75) is 20.3 Å². The van der Waals surface area contributed by atoms with Crippen LogP contribution in [0.3, 0.4) is 0 Å². The second-order valence-corrected chi connectivity index (χ2v) is 4.35. The van der Waals surface area contributed by atoms with Crippen molar-refractivity contribution in [3.63, 3.8) is 0 Å². The van der Waals surface area contributed by atoms with E-state index in [1.54, 1.807) is 12.4 Å². The maximum Gasteiger partial charge on any atom is 0.168 e. The van der Waals surface area contributed by atoms with Gasteiger partial charge in [-0.1, -0.05) is 13.8 Å². The number of carbonyl (C=O) groups excluding carboxylic acids is 1. The third-order valence-corrected chi connectivity index (χ3v) is 2.78. The highest BCUT2D eigenvalue weighted by molar-refractivity contribution is 5.99. The Morgan fingerprint density at radius 1 is 1.62 bits per heavy atom. The molecule has 13 heavy (non-hydrogen) atoms. The lowest BCUT2D eigenvalue weighted by Crippen LogP contribution is -2.06. The van der Waals surface area contributed by atoms with Crippen molar-refractivity contribution < 1.29 is 4.79 Å². The summed E-state index contributed by atoms with van der Waals surface area (Å²) in [5.41, 5.74) is 0.963. The first-order valence-electron chi connectivity index (χ1n) is 4.55. The minimum absolute atomic E-state index is 0.215. The largest absolute Gasteiger partial charge is 0.294 e. The monoisotopic (exact) mass is 175 g/mol. The van der Waals surface area contributed by atoms with E-state index in [0.717, 1.165) is 12.0 Å². The van der Waals surface area contributed by atoms with Gasteiger partial charge in [0.2, 0.25) is 0 Å². The number of aromatic nitrogens is 1. The molecule has 1 fully saturated rings. The number of hydrogen-bond donors (Lipinski definition) is 0. The van der Waals surface area contributed by atoms with Gasteiger partial charge in [0.05, 0.1) is 0 Å². The fraction of sp³-hybridized carbons (Fsp3) is 0.455. The minimum atomic E-state index is 0.215. The van der Waals surface area contributed by atoms with Crippen LogP contribution >= 0.6 is 0 Å². The number of pyridine rings is 1. The second-order valence-electron chi connectivity index (χ2n) is 4.35. The van der Waals surface area contributed by atoms with E-state index in [1.165, 1.54) is 0 Å². The zero-order valence-corrected chi connectivity index (χ0v) is 7.95. The van der Waals surface area contributed by atoms with E-state index < -0.39 is 0 Å². The second kappa shape index (κ2) is 2.66. The van der Waals surface area contributed by atoms with Crippen LogP contribution in [-0.4, -0.2) is 10.8 Å². The first-order chi connectivity index (χ1) is 6.11. The molecule has 1 aromatic rings. The van der Waals surface area contributed by atoms with Crippen molar-refractivity contribution in [1.82, 2.24) is 4.98 Å². The summed E-state index contributed by atoms with van der Waals surface area (Å²) in [5, 5.41) is 0. The van der Waals surface area contributed by atoms with Crippen LogP contribution in [-0.2, 0) is 0 Å². The highest BCUT2D eigenvalue weighted by atomic mass is 16.1. The third kappa shape index (κ3) is 1.48. The van der Waals surface area contributed by atoms with Gasteiger partial charge in [-0.25, -0.2) is 0 Å². The Kier molecular flexibility index (Phi) is 1.72. The van der Waals surface area contributed by atoms with Gasteiger partial charge in [0.25, 0.3) is 0 Å². The summed E-state index contributed by atoms with van der Waals surface area (Å²) < 4.78 is 0. The van der Waals surface area contributed by atoms with Crippen molar-refractivity contribution in [1.29, 1.82) is 0 Å². The Labute approximate surface area is 78.0 Å². The fourth-order valence-corrected chi connectivity index (χ4v) is 1.62. The number of carbonyl (C=O) groups is 1. The van der Waals surface area contributed by atoms with Crippen LogP contribution in [0.5, 0.6) is 0 Å². The van der Waals surface area contributed by atoms with Crippen LogP contribution in [0.2, 0.25) is 0 Å². The Bertz CT molecular complexity index is 329. The number of ketones is 1. The lowest BCUT2D eigenvalue weighted by molar-refractivity contribution is 0.0953. The van der Waals surface area contributed by atoms with E-state index >= 15 is 0 Å². The Hall–Kier alpha value is -1.18. The quantitative estimate of drug-likeness (QED) is 0.645. The first-order valence-corrected chi connectivity index (χ1v) is 4.55. The Morgan fingerprint density at radius 2 is 2.31 bits per heavy atom. The van der Waals surface area contributed by atoms with Crippen molar-refractivity contribution >= 4 is 5.78 Å². The first kappa shape index (κ1) is 8.42. The topological polar surface area (TPSA) is 30.0 Å². The van der Waals surface area contributed by atoms with Gasteiger partial charge in [-0.3, -0.25) is 9.78 Å². The molecule has 68 valence electrons. The van der Waals surface area contributed by atoms with Gasteiger partial charge in [0, 0.05) is 23.9 Å². The van der Waals surface area contributed by atoms with Crippen molar-refractivity contribution in [3.05, 3.63) is 30.1 Å². The van der Waals surface area contributed by atoms with E-state index in [9.17, 15) is 4.79 Å². The number of Topliss-reactive ketones (excluding diaryl/α,β-unsaturated/α-hetero) is 1. The van der Waals surface area contributed by atoms with E-state index in [2.05, 4.69) is 18.8 Å². The molecule has 1 aliphatic carbocycles. The molecule has 2 nitrogen and oxygen atoms in total. The van der Waals surface area contributed by atoms with Gasteiger partial charge in [-0.05, 0) is 24.0 Å². The van der Waals surface area contributed by atoms with Gasteiger partial charge in [-0.2, -0.15) is 0 Å². The molecule has 1 unspecified atom stereocenters. The number of rotatable bonds is 2. The molecule has 0 aromatic carbocycles. The summed E-state index contributed by atoms with van der Waals surface area (Å²) >= 11 is 0. The zero-order chi connectivity index (χ0) is 9.47. The highest BCUT2D eigenvalue weighted by Crippen LogP contribution is 2.52. The smallest absolute Gasteiger partial charge is 0.168 e. The van der Waals surface area contributed by atoms with E-state index in [-0.39, 0.29) is 17.1 Å². The molecule has 0 radical (unpaired) electrons. The summed E-state index contributed by atoms with van der Waals surface area (Å²) in [4.78, 5) is 15.7. The lowest BCUT2D eigenvalue weighted by Gasteiger charge is -2.01. The van der Waals surface area contributed by atoms with Crippen LogP contribution in [0.4, 0.5) is 0 Å². The SMILES string of the molecule is CC1(C)CC1C(=O)c1cccnc1. The van der Waals surface area contributed by atoms with E-state index in [1.807, 2.05) is 12.1 Å². The molecule has 0 amide bonds. The van der Waals surface area contributed by atoms with Crippen molar-refractivity contribution in [2.75, 3.05) is 0 Å². The Morgan fingerprint density at radius 3 is 2.77 bits per heavy atom. The highest BCUT2D eigenvalue weighted by Gasteiger charge is 2.50. The molecule has 1 saturated carbocycles. The molecule has 0 spiro atoms. The predicted octanol–water partition coefficient (Wildman–Crippen LogP) is 2.31. The average molecular weight is 175 g/mol. The summed E-state index contributed by atoms with van der Waals surface area (Å²) in [6.07, 6.45) is 4.35. The van der Waals surface area contributed by atoms with Crippen LogP contribution in [0.1, 0.15) is 30.6 Å². The number of nitrogens with zero attached hydrogens (tertiary/aromatic N) is 1. The Balaban J connectivity index is 2.17. The maximum atomic E-state index is 11.8. The van der Waals surface area contributed by atoms with Gasteiger partial charge in [0.1, 0.15) is 0 Å². The van der Waals surface area contributed by atoms with Crippen LogP contribution in [0.25, 0.3) is 0 Å². The molecule has 1 aliphatic rings. The minimum Gasteiger partial charge on any atom is -0.294 e. The third-order valence-electron chi connectivity index (χ3n) is 2.78. The normalized spacial score (nSPS) is 24.0. The van der Waals surface area contributed by atoms with Crippen LogP contribution in [0.15, 0.2) is 24.5 Å². The molecular weight excluding hydrogens is 162 g/mol. The molecule has 2 heteroatoms. The molecular formula is C11H13NO. The molecule has 1 atom stereocenters. The summed E-state index contributed by atoms with van der Waals surface area (Å²) in [7, 11) is 0. The van der Waals surface area contributed by atoms with Crippen LogP contribution in [0, 0.1) is 11.3 Å². The summed E-state index contributed by atoms with van der Waals surface area (Å²) in [5.74, 6) is 0.467. The summed E-state index contributed by atoms with van der Waals surface area (Å²) in [6, 6.07) is 3.65. The van der Waals surface area contributed by atoms with Gasteiger partial charge < -0.3 is 0 Å². The molecule has 0 N–H and O–H groups in total.